The van der Waals surface area contributed by atoms with Crippen molar-refractivity contribution in [2.75, 3.05) is 45.9 Å². The first-order chi connectivity index (χ1) is 19.5. The molecule has 0 bridgehead atoms. The predicted octanol–water partition coefficient (Wildman–Crippen LogP) is 6.53. The quantitative estimate of drug-likeness (QED) is 0.218. The molecule has 7 heteroatoms. The number of urea groups is 1. The third kappa shape index (κ3) is 8.82. The van der Waals surface area contributed by atoms with Crippen LogP contribution in [-0.2, 0) is 4.74 Å². The molecule has 0 spiro atoms. The summed E-state index contributed by atoms with van der Waals surface area (Å²) in [6.45, 7) is 10.3. The molecule has 7 nitrogen and oxygen atoms in total. The van der Waals surface area contributed by atoms with Gasteiger partial charge in [0.05, 0.1) is 31.0 Å². The van der Waals surface area contributed by atoms with Crippen LogP contribution in [0, 0.1) is 23.2 Å². The van der Waals surface area contributed by atoms with Crippen LogP contribution in [0.2, 0.25) is 0 Å². The van der Waals surface area contributed by atoms with Gasteiger partial charge in [0.1, 0.15) is 0 Å². The Hall–Kier alpha value is -1.36. The largest absolute Gasteiger partial charge is 0.378 e. The first kappa shape index (κ1) is 31.6. The zero-order valence-electron chi connectivity index (χ0n) is 25.9. The highest BCUT2D eigenvalue weighted by Crippen LogP contribution is 2.40. The Balaban J connectivity index is 1.19. The summed E-state index contributed by atoms with van der Waals surface area (Å²) < 4.78 is 5.44. The zero-order valence-corrected chi connectivity index (χ0v) is 25.9. The minimum absolute atomic E-state index is 0.0392. The monoisotopic (exact) mass is 557 g/mol. The molecule has 1 saturated carbocycles. The Morgan fingerprint density at radius 2 is 1.45 bits per heavy atom. The van der Waals surface area contributed by atoms with Crippen LogP contribution in [0.15, 0.2) is 0 Å². The van der Waals surface area contributed by atoms with Gasteiger partial charge in [-0.1, -0.05) is 84.0 Å². The fourth-order valence-electron chi connectivity index (χ4n) is 8.07. The van der Waals surface area contributed by atoms with Crippen LogP contribution < -0.4 is 5.32 Å². The number of rotatable bonds is 16. The molecular weight excluding hydrogens is 498 g/mol. The topological polar surface area (TPSA) is 71.8 Å². The van der Waals surface area contributed by atoms with Crippen molar-refractivity contribution < 1.29 is 9.53 Å². The molecule has 228 valence electrons. The van der Waals surface area contributed by atoms with E-state index in [1.165, 1.54) is 77.0 Å². The number of nitriles is 1. The van der Waals surface area contributed by atoms with Gasteiger partial charge in [0.15, 0.2) is 0 Å². The van der Waals surface area contributed by atoms with Crippen molar-refractivity contribution in [3.63, 3.8) is 0 Å². The molecular formula is C33H59N5O2. The summed E-state index contributed by atoms with van der Waals surface area (Å²) in [6.07, 6.45) is 22.0. The molecule has 3 unspecified atom stereocenters. The zero-order chi connectivity index (χ0) is 28.2. The van der Waals surface area contributed by atoms with E-state index in [-0.39, 0.29) is 17.7 Å². The van der Waals surface area contributed by atoms with Gasteiger partial charge in [0, 0.05) is 38.8 Å². The molecule has 0 radical (unpaired) electrons. The Bertz CT molecular complexity index is 782. The van der Waals surface area contributed by atoms with Crippen molar-refractivity contribution in [1.82, 2.24) is 20.0 Å². The van der Waals surface area contributed by atoms with Crippen LogP contribution in [0.4, 0.5) is 4.79 Å². The number of hydrogen-bond donors (Lipinski definition) is 1. The summed E-state index contributed by atoms with van der Waals surface area (Å²) >= 11 is 0. The molecule has 0 aromatic rings. The summed E-state index contributed by atoms with van der Waals surface area (Å²) in [6, 6.07) is 3.35. The molecule has 1 N–H and O–H groups in total. The lowest BCUT2D eigenvalue weighted by Gasteiger charge is -2.44. The van der Waals surface area contributed by atoms with Crippen LogP contribution in [0.1, 0.15) is 123 Å². The summed E-state index contributed by atoms with van der Waals surface area (Å²) in [4.78, 5) is 19.6. The van der Waals surface area contributed by atoms with E-state index in [1.807, 2.05) is 4.90 Å². The first-order valence-corrected chi connectivity index (χ1v) is 17.1. The SMILES string of the molecule is CCCCCCCCCCCCCCC(C)(NC1C[C@@H]2CN(C(=O)N3CCOCC3)C[C@@H]2C1)N1CCCC1C#N. The number of carbonyl (C=O) groups excluding carboxylic acids is 1. The third-order valence-electron chi connectivity index (χ3n) is 10.4. The Labute approximate surface area is 245 Å². The number of amides is 2. The Morgan fingerprint density at radius 1 is 0.875 bits per heavy atom. The molecule has 5 atom stereocenters. The van der Waals surface area contributed by atoms with Crippen LogP contribution in [0.25, 0.3) is 0 Å². The average molecular weight is 558 g/mol. The fraction of sp³-hybridized carbons (Fsp3) is 0.939. The van der Waals surface area contributed by atoms with E-state index in [4.69, 9.17) is 4.74 Å². The van der Waals surface area contributed by atoms with Crippen LogP contribution >= 0.6 is 0 Å². The van der Waals surface area contributed by atoms with Gasteiger partial charge in [0.2, 0.25) is 0 Å². The maximum absolute atomic E-state index is 13.0. The van der Waals surface area contributed by atoms with E-state index in [0.29, 0.717) is 31.1 Å². The number of nitrogens with zero attached hydrogens (tertiary/aromatic N) is 4. The van der Waals surface area contributed by atoms with Crippen molar-refractivity contribution >= 4 is 6.03 Å². The number of ether oxygens (including phenoxy) is 1. The number of nitrogens with one attached hydrogen (secondary N) is 1. The molecule has 40 heavy (non-hydrogen) atoms. The highest BCUT2D eigenvalue weighted by Gasteiger charge is 2.47. The van der Waals surface area contributed by atoms with E-state index in [0.717, 1.165) is 64.8 Å². The molecule has 4 aliphatic rings. The molecule has 0 aromatic heterocycles. The van der Waals surface area contributed by atoms with Crippen molar-refractivity contribution in [2.24, 2.45) is 11.8 Å². The number of fused-ring (bicyclic) bond motifs is 1. The van der Waals surface area contributed by atoms with Crippen LogP contribution in [-0.4, -0.2) is 84.4 Å². The summed E-state index contributed by atoms with van der Waals surface area (Å²) in [7, 11) is 0. The molecule has 0 aromatic carbocycles. The van der Waals surface area contributed by atoms with Crippen LogP contribution in [0.5, 0.6) is 0 Å². The summed E-state index contributed by atoms with van der Waals surface area (Å²) in [5, 5.41) is 14.0. The van der Waals surface area contributed by atoms with Crippen molar-refractivity contribution in [3.05, 3.63) is 0 Å². The molecule has 2 amide bonds. The number of unbranched alkanes of at least 4 members (excludes halogenated alkanes) is 11. The number of hydrogen-bond acceptors (Lipinski definition) is 5. The van der Waals surface area contributed by atoms with E-state index in [9.17, 15) is 10.1 Å². The van der Waals surface area contributed by atoms with Gasteiger partial charge >= 0.3 is 6.03 Å². The molecule has 3 aliphatic heterocycles. The van der Waals surface area contributed by atoms with Gasteiger partial charge in [-0.25, -0.2) is 4.79 Å². The smallest absolute Gasteiger partial charge is 0.320 e. The minimum atomic E-state index is -0.109. The molecule has 3 heterocycles. The maximum Gasteiger partial charge on any atom is 0.320 e. The third-order valence-corrected chi connectivity index (χ3v) is 10.4. The molecule has 3 saturated heterocycles. The van der Waals surface area contributed by atoms with Gasteiger partial charge in [-0.15, -0.1) is 0 Å². The summed E-state index contributed by atoms with van der Waals surface area (Å²) in [5.74, 6) is 1.20. The second-order valence-electron chi connectivity index (χ2n) is 13.5. The lowest BCUT2D eigenvalue weighted by Crippen LogP contribution is -2.60. The highest BCUT2D eigenvalue weighted by molar-refractivity contribution is 5.75. The Morgan fingerprint density at radius 3 is 2.02 bits per heavy atom. The summed E-state index contributed by atoms with van der Waals surface area (Å²) in [5.41, 5.74) is -0.109. The van der Waals surface area contributed by atoms with E-state index in [2.05, 4.69) is 35.0 Å². The van der Waals surface area contributed by atoms with Crippen molar-refractivity contribution in [2.45, 2.75) is 141 Å². The molecule has 4 fully saturated rings. The second kappa shape index (κ2) is 16.3. The lowest BCUT2D eigenvalue weighted by molar-refractivity contribution is 0.0431. The maximum atomic E-state index is 13.0. The number of likely N-dealkylation sites (tertiary alicyclic amines) is 2. The van der Waals surface area contributed by atoms with Gasteiger partial charge in [-0.2, -0.15) is 5.26 Å². The highest BCUT2D eigenvalue weighted by atomic mass is 16.5. The van der Waals surface area contributed by atoms with Gasteiger partial charge in [-0.05, 0) is 50.9 Å². The molecule has 4 rings (SSSR count). The minimum Gasteiger partial charge on any atom is -0.378 e. The normalized spacial score (nSPS) is 28.5. The van der Waals surface area contributed by atoms with E-state index < -0.39 is 0 Å². The van der Waals surface area contributed by atoms with Crippen molar-refractivity contribution in [3.8, 4) is 6.07 Å². The predicted molar refractivity (Wildman–Crippen MR) is 162 cm³/mol. The van der Waals surface area contributed by atoms with Gasteiger partial charge in [0.25, 0.3) is 0 Å². The second-order valence-corrected chi connectivity index (χ2v) is 13.5. The van der Waals surface area contributed by atoms with E-state index >= 15 is 0 Å². The fourth-order valence-corrected chi connectivity index (χ4v) is 8.07. The lowest BCUT2D eigenvalue weighted by atomic mass is 9.97. The van der Waals surface area contributed by atoms with Crippen LogP contribution in [0.3, 0.4) is 0 Å². The Kier molecular flexibility index (Phi) is 12.9. The van der Waals surface area contributed by atoms with E-state index in [1.54, 1.807) is 0 Å². The van der Waals surface area contributed by atoms with Gasteiger partial charge in [-0.3, -0.25) is 10.2 Å². The average Bonchev–Trinajstić information content (AvgIpc) is 3.69. The van der Waals surface area contributed by atoms with Crippen molar-refractivity contribution in [1.29, 1.82) is 5.26 Å². The first-order valence-electron chi connectivity index (χ1n) is 17.1. The number of morpholine rings is 1. The standard InChI is InChI=1S/C33H59N5O2/c1-3-4-5-6-7-8-9-10-11-12-13-14-17-33(2,38-18-15-16-31(38)25-34)35-30-23-28-26-37(27-29(28)24-30)32(39)36-19-21-40-22-20-36/h28-31,35H,3-24,26-27H2,1-2H3/t28-,29+,30?,31?,33?. The van der Waals surface area contributed by atoms with Gasteiger partial charge < -0.3 is 14.5 Å². The number of carbonyl (C=O) groups is 1. The molecule has 1 aliphatic carbocycles.